The molecule has 1 saturated carbocycles. The minimum absolute atomic E-state index is 0.884. The first-order valence-electron chi connectivity index (χ1n) is 5.41. The number of rotatable bonds is 6. The largest absolute Gasteiger partial charge is 0.313 e. The first kappa shape index (κ1) is 10.5. The zero-order chi connectivity index (χ0) is 9.52. The molecule has 0 amide bonds. The van der Waals surface area contributed by atoms with Crippen LogP contribution in [-0.2, 0) is 0 Å². The molecule has 0 heterocycles. The molecule has 1 nitrogen and oxygen atoms in total. The van der Waals surface area contributed by atoms with Crippen LogP contribution in [0.15, 0.2) is 23.8 Å². The summed E-state index contributed by atoms with van der Waals surface area (Å²) in [6.45, 7) is 6.45. The van der Waals surface area contributed by atoms with Crippen LogP contribution in [0.25, 0.3) is 0 Å². The highest BCUT2D eigenvalue weighted by Crippen LogP contribution is 2.31. The second-order valence-corrected chi connectivity index (χ2v) is 3.76. The van der Waals surface area contributed by atoms with E-state index in [9.17, 15) is 0 Å². The van der Waals surface area contributed by atoms with E-state index in [2.05, 4.69) is 37.4 Å². The van der Waals surface area contributed by atoms with Gasteiger partial charge in [0.2, 0.25) is 0 Å². The van der Waals surface area contributed by atoms with Crippen molar-refractivity contribution in [1.82, 2.24) is 5.32 Å². The van der Waals surface area contributed by atoms with Crippen molar-refractivity contribution in [2.24, 2.45) is 5.92 Å². The van der Waals surface area contributed by atoms with Crippen LogP contribution in [-0.4, -0.2) is 13.1 Å². The van der Waals surface area contributed by atoms with Crippen LogP contribution in [0.4, 0.5) is 0 Å². The molecule has 0 aromatic heterocycles. The molecular weight excluding hydrogens is 158 g/mol. The quantitative estimate of drug-likeness (QED) is 0.488. The van der Waals surface area contributed by atoms with Crippen LogP contribution in [0.2, 0.25) is 0 Å². The lowest BCUT2D eigenvalue weighted by Gasteiger charge is -2.03. The Morgan fingerprint density at radius 2 is 2.23 bits per heavy atom. The molecule has 0 bridgehead atoms. The molecule has 0 aromatic carbocycles. The van der Waals surface area contributed by atoms with Crippen molar-refractivity contribution < 1.29 is 0 Å². The van der Waals surface area contributed by atoms with Crippen LogP contribution in [0, 0.1) is 5.92 Å². The molecule has 0 saturated heterocycles. The van der Waals surface area contributed by atoms with E-state index in [-0.39, 0.29) is 0 Å². The van der Waals surface area contributed by atoms with Gasteiger partial charge >= 0.3 is 0 Å². The Bertz CT molecular complexity index is 187. The van der Waals surface area contributed by atoms with Gasteiger partial charge in [-0.3, -0.25) is 0 Å². The summed E-state index contributed by atoms with van der Waals surface area (Å²) in [7, 11) is 0. The van der Waals surface area contributed by atoms with Crippen molar-refractivity contribution in [3.63, 3.8) is 0 Å². The van der Waals surface area contributed by atoms with Crippen molar-refractivity contribution >= 4 is 0 Å². The first-order chi connectivity index (χ1) is 6.36. The maximum absolute atomic E-state index is 3.43. The van der Waals surface area contributed by atoms with Gasteiger partial charge in [0.15, 0.2) is 0 Å². The maximum Gasteiger partial charge on any atom is 0.0202 e. The molecule has 1 aliphatic carbocycles. The lowest BCUT2D eigenvalue weighted by atomic mass is 10.2. The third-order valence-corrected chi connectivity index (χ3v) is 2.21. The predicted octanol–water partition coefficient (Wildman–Crippen LogP) is 2.90. The van der Waals surface area contributed by atoms with Crippen molar-refractivity contribution in [2.45, 2.75) is 33.1 Å². The monoisotopic (exact) mass is 179 g/mol. The fourth-order valence-corrected chi connectivity index (χ4v) is 1.36. The molecule has 1 N–H and O–H groups in total. The van der Waals surface area contributed by atoms with Crippen LogP contribution in [0.1, 0.15) is 33.1 Å². The fourth-order valence-electron chi connectivity index (χ4n) is 1.36. The van der Waals surface area contributed by atoms with Gasteiger partial charge in [-0.25, -0.2) is 0 Å². The van der Waals surface area contributed by atoms with E-state index in [0.717, 1.165) is 19.0 Å². The van der Waals surface area contributed by atoms with Crippen molar-refractivity contribution in [1.29, 1.82) is 0 Å². The molecule has 0 spiro atoms. The average molecular weight is 179 g/mol. The third kappa shape index (κ3) is 4.89. The Morgan fingerprint density at radius 1 is 1.46 bits per heavy atom. The molecule has 1 fully saturated rings. The summed E-state index contributed by atoms with van der Waals surface area (Å²) in [5.41, 5.74) is 1.46. The number of hydrogen-bond acceptors (Lipinski definition) is 1. The second kappa shape index (κ2) is 5.98. The third-order valence-electron chi connectivity index (χ3n) is 2.21. The Balaban J connectivity index is 2.28. The van der Waals surface area contributed by atoms with E-state index in [0.29, 0.717) is 0 Å². The van der Waals surface area contributed by atoms with Gasteiger partial charge in [-0.05, 0) is 44.2 Å². The van der Waals surface area contributed by atoms with Gasteiger partial charge in [-0.15, -0.1) is 0 Å². The SMILES string of the molecule is C/C=C\C(=C/C1CC1)CNCCC. The van der Waals surface area contributed by atoms with Gasteiger partial charge in [0.25, 0.3) is 0 Å². The Hall–Kier alpha value is -0.560. The summed E-state index contributed by atoms with van der Waals surface area (Å²) < 4.78 is 0. The summed E-state index contributed by atoms with van der Waals surface area (Å²) in [6.07, 6.45) is 10.8. The fraction of sp³-hybridized carbons (Fsp3) is 0.667. The molecule has 0 radical (unpaired) electrons. The maximum atomic E-state index is 3.43. The van der Waals surface area contributed by atoms with Gasteiger partial charge in [-0.1, -0.05) is 25.2 Å². The predicted molar refractivity (Wildman–Crippen MR) is 58.8 cm³/mol. The molecule has 1 heteroatoms. The van der Waals surface area contributed by atoms with E-state index in [1.54, 1.807) is 0 Å². The van der Waals surface area contributed by atoms with Gasteiger partial charge in [-0.2, -0.15) is 0 Å². The topological polar surface area (TPSA) is 12.0 Å². The highest BCUT2D eigenvalue weighted by Gasteiger charge is 2.18. The molecule has 0 atom stereocenters. The van der Waals surface area contributed by atoms with Crippen molar-refractivity contribution in [2.75, 3.05) is 13.1 Å². The highest BCUT2D eigenvalue weighted by molar-refractivity contribution is 5.22. The molecule has 0 aliphatic heterocycles. The zero-order valence-electron chi connectivity index (χ0n) is 8.84. The molecule has 0 unspecified atom stereocenters. The van der Waals surface area contributed by atoms with Crippen LogP contribution in [0.3, 0.4) is 0 Å². The van der Waals surface area contributed by atoms with Gasteiger partial charge in [0, 0.05) is 6.54 Å². The van der Waals surface area contributed by atoms with Gasteiger partial charge in [0.1, 0.15) is 0 Å². The molecular formula is C12H21N. The van der Waals surface area contributed by atoms with E-state index in [4.69, 9.17) is 0 Å². The summed E-state index contributed by atoms with van der Waals surface area (Å²) in [6, 6.07) is 0. The summed E-state index contributed by atoms with van der Waals surface area (Å²) in [4.78, 5) is 0. The van der Waals surface area contributed by atoms with Crippen molar-refractivity contribution in [3.05, 3.63) is 23.8 Å². The van der Waals surface area contributed by atoms with Gasteiger partial charge < -0.3 is 5.32 Å². The molecule has 0 aromatic rings. The van der Waals surface area contributed by atoms with Crippen LogP contribution < -0.4 is 5.32 Å². The van der Waals surface area contributed by atoms with Gasteiger partial charge in [0.05, 0.1) is 0 Å². The average Bonchev–Trinajstić information content (AvgIpc) is 2.89. The number of allylic oxidation sites excluding steroid dienone is 2. The summed E-state index contributed by atoms with van der Waals surface area (Å²) in [5, 5.41) is 3.43. The van der Waals surface area contributed by atoms with Crippen LogP contribution >= 0.6 is 0 Å². The normalized spacial score (nSPS) is 18.5. The second-order valence-electron chi connectivity index (χ2n) is 3.76. The minimum Gasteiger partial charge on any atom is -0.313 e. The first-order valence-corrected chi connectivity index (χ1v) is 5.41. The van der Waals surface area contributed by atoms with E-state index < -0.39 is 0 Å². The standard InChI is InChI=1S/C12H21N/c1-3-5-12(9-11-6-7-11)10-13-8-4-2/h3,5,9,11,13H,4,6-8,10H2,1-2H3/b5-3-,12-9+. The van der Waals surface area contributed by atoms with Crippen LogP contribution in [0.5, 0.6) is 0 Å². The van der Waals surface area contributed by atoms with Crippen molar-refractivity contribution in [3.8, 4) is 0 Å². The lowest BCUT2D eigenvalue weighted by Crippen LogP contribution is -2.17. The number of nitrogens with one attached hydrogen (secondary N) is 1. The Kier molecular flexibility index (Phi) is 4.84. The molecule has 74 valence electrons. The highest BCUT2D eigenvalue weighted by atomic mass is 14.8. The summed E-state index contributed by atoms with van der Waals surface area (Å²) >= 11 is 0. The molecule has 13 heavy (non-hydrogen) atoms. The molecule has 1 aliphatic rings. The molecule has 1 rings (SSSR count). The zero-order valence-corrected chi connectivity index (χ0v) is 8.84. The smallest absolute Gasteiger partial charge is 0.0202 e. The minimum atomic E-state index is 0.884. The van der Waals surface area contributed by atoms with E-state index in [1.807, 2.05) is 0 Å². The van der Waals surface area contributed by atoms with E-state index in [1.165, 1.54) is 24.8 Å². The summed E-state index contributed by atoms with van der Waals surface area (Å²) in [5.74, 6) is 0.884. The van der Waals surface area contributed by atoms with E-state index >= 15 is 0 Å². The number of hydrogen-bond donors (Lipinski definition) is 1. The Morgan fingerprint density at radius 3 is 2.77 bits per heavy atom. The Labute approximate surface area is 81.9 Å². The lowest BCUT2D eigenvalue weighted by molar-refractivity contribution is 0.717.